The van der Waals surface area contributed by atoms with E-state index in [4.69, 9.17) is 4.74 Å². The van der Waals surface area contributed by atoms with Crippen LogP contribution in [0.25, 0.3) is 11.2 Å². The van der Waals surface area contributed by atoms with Crippen LogP contribution in [0.1, 0.15) is 44.9 Å². The van der Waals surface area contributed by atoms with Crippen LogP contribution in [0.3, 0.4) is 0 Å². The van der Waals surface area contributed by atoms with Crippen LogP contribution >= 0.6 is 0 Å². The van der Waals surface area contributed by atoms with Crippen molar-refractivity contribution in [2.24, 2.45) is 0 Å². The van der Waals surface area contributed by atoms with E-state index in [2.05, 4.69) is 21.9 Å². The average Bonchev–Trinajstić information content (AvgIpc) is 2.83. The number of hydrogen-bond acceptors (Lipinski definition) is 3. The predicted octanol–water partition coefficient (Wildman–Crippen LogP) is 3.19. The van der Waals surface area contributed by atoms with Gasteiger partial charge in [-0.2, -0.15) is 4.98 Å². The maximum absolute atomic E-state index is 5.14. The molecule has 0 spiro atoms. The Balaban J connectivity index is 2.02. The second-order valence-electron chi connectivity index (χ2n) is 5.43. The average molecular weight is 245 g/mol. The van der Waals surface area contributed by atoms with E-state index in [1.54, 1.807) is 7.11 Å². The summed E-state index contributed by atoms with van der Waals surface area (Å²) >= 11 is 0. The number of nitrogens with one attached hydrogen (secondary N) is 1. The SMILES string of the molecule is COc1ccc2[nH]c(C3(C)CCCCC3)nc2n1. The molecule has 0 aromatic carbocycles. The number of methoxy groups -OCH3 is 1. The van der Waals surface area contributed by atoms with Crippen LogP contribution in [0.4, 0.5) is 0 Å². The van der Waals surface area contributed by atoms with E-state index in [9.17, 15) is 0 Å². The van der Waals surface area contributed by atoms with Crippen molar-refractivity contribution >= 4 is 11.2 Å². The van der Waals surface area contributed by atoms with Crippen LogP contribution < -0.4 is 4.74 Å². The number of aromatic amines is 1. The molecule has 1 N–H and O–H groups in total. The van der Waals surface area contributed by atoms with Gasteiger partial charge < -0.3 is 9.72 Å². The molecule has 0 saturated heterocycles. The Hall–Kier alpha value is -1.58. The molecule has 1 aliphatic rings. The van der Waals surface area contributed by atoms with E-state index < -0.39 is 0 Å². The zero-order chi connectivity index (χ0) is 12.6. The number of ether oxygens (including phenoxy) is 1. The van der Waals surface area contributed by atoms with Gasteiger partial charge in [-0.3, -0.25) is 0 Å². The Morgan fingerprint density at radius 2 is 1.94 bits per heavy atom. The summed E-state index contributed by atoms with van der Waals surface area (Å²) in [4.78, 5) is 12.5. The van der Waals surface area contributed by atoms with Crippen LogP contribution in [0, 0.1) is 0 Å². The summed E-state index contributed by atoms with van der Waals surface area (Å²) in [6.07, 6.45) is 6.37. The van der Waals surface area contributed by atoms with Crippen molar-refractivity contribution in [1.82, 2.24) is 15.0 Å². The number of hydrogen-bond donors (Lipinski definition) is 1. The number of nitrogens with zero attached hydrogens (tertiary/aromatic N) is 2. The molecule has 0 aliphatic heterocycles. The molecule has 4 heteroatoms. The van der Waals surface area contributed by atoms with Crippen LogP contribution in [-0.2, 0) is 5.41 Å². The largest absolute Gasteiger partial charge is 0.481 e. The number of H-pyrrole nitrogens is 1. The van der Waals surface area contributed by atoms with Crippen LogP contribution in [0.5, 0.6) is 5.88 Å². The first kappa shape index (κ1) is 11.5. The van der Waals surface area contributed by atoms with Crippen molar-refractivity contribution in [1.29, 1.82) is 0 Å². The van der Waals surface area contributed by atoms with E-state index in [-0.39, 0.29) is 5.41 Å². The van der Waals surface area contributed by atoms with Gasteiger partial charge in [-0.25, -0.2) is 4.98 Å². The summed E-state index contributed by atoms with van der Waals surface area (Å²) in [5.74, 6) is 1.70. The summed E-state index contributed by atoms with van der Waals surface area (Å²) < 4.78 is 5.14. The summed E-state index contributed by atoms with van der Waals surface area (Å²) in [7, 11) is 1.63. The van der Waals surface area contributed by atoms with Gasteiger partial charge in [0.05, 0.1) is 12.6 Å². The van der Waals surface area contributed by atoms with Gasteiger partial charge in [0.1, 0.15) is 5.82 Å². The first-order valence-corrected chi connectivity index (χ1v) is 6.62. The third-order valence-electron chi connectivity index (χ3n) is 4.06. The van der Waals surface area contributed by atoms with Gasteiger partial charge in [0.25, 0.3) is 0 Å². The van der Waals surface area contributed by atoms with Gasteiger partial charge in [-0.15, -0.1) is 0 Å². The molecular weight excluding hydrogens is 226 g/mol. The molecule has 1 saturated carbocycles. The minimum Gasteiger partial charge on any atom is -0.481 e. The molecule has 1 fully saturated rings. The molecule has 4 nitrogen and oxygen atoms in total. The fraction of sp³-hybridized carbons (Fsp3) is 0.571. The molecule has 2 heterocycles. The second-order valence-corrected chi connectivity index (χ2v) is 5.43. The highest BCUT2D eigenvalue weighted by molar-refractivity contribution is 5.71. The molecule has 1 aliphatic carbocycles. The van der Waals surface area contributed by atoms with Crippen molar-refractivity contribution in [2.45, 2.75) is 44.4 Å². The van der Waals surface area contributed by atoms with Crippen molar-refractivity contribution in [3.8, 4) is 5.88 Å². The van der Waals surface area contributed by atoms with Gasteiger partial charge in [-0.05, 0) is 18.9 Å². The molecule has 0 bridgehead atoms. The first-order valence-electron chi connectivity index (χ1n) is 6.62. The highest BCUT2D eigenvalue weighted by Crippen LogP contribution is 2.38. The highest BCUT2D eigenvalue weighted by Gasteiger charge is 2.31. The van der Waals surface area contributed by atoms with E-state index in [1.165, 1.54) is 32.1 Å². The second kappa shape index (κ2) is 4.26. The van der Waals surface area contributed by atoms with E-state index in [0.29, 0.717) is 5.88 Å². The maximum atomic E-state index is 5.14. The maximum Gasteiger partial charge on any atom is 0.215 e. The molecule has 2 aromatic heterocycles. The third kappa shape index (κ3) is 1.85. The molecule has 18 heavy (non-hydrogen) atoms. The number of fused-ring (bicyclic) bond motifs is 1. The minimum absolute atomic E-state index is 0.187. The van der Waals surface area contributed by atoms with Crippen molar-refractivity contribution in [2.75, 3.05) is 7.11 Å². The quantitative estimate of drug-likeness (QED) is 0.884. The van der Waals surface area contributed by atoms with Crippen molar-refractivity contribution in [3.63, 3.8) is 0 Å². The third-order valence-corrected chi connectivity index (χ3v) is 4.06. The number of imidazole rings is 1. The van der Waals surface area contributed by atoms with Gasteiger partial charge in [0.2, 0.25) is 5.88 Å². The lowest BCUT2D eigenvalue weighted by Crippen LogP contribution is -2.26. The standard InChI is InChI=1S/C14H19N3O/c1-14(8-4-3-5-9-14)13-15-10-6-7-11(18-2)16-12(10)17-13/h6-7H,3-5,8-9H2,1-2H3,(H,15,16,17). The minimum atomic E-state index is 0.187. The number of pyridine rings is 1. The van der Waals surface area contributed by atoms with Crippen molar-refractivity contribution in [3.05, 3.63) is 18.0 Å². The molecule has 2 aromatic rings. The predicted molar refractivity (Wildman–Crippen MR) is 70.9 cm³/mol. The fourth-order valence-electron chi connectivity index (χ4n) is 2.84. The Morgan fingerprint density at radius 1 is 1.17 bits per heavy atom. The normalized spacial score (nSPS) is 19.0. The zero-order valence-corrected chi connectivity index (χ0v) is 11.0. The monoisotopic (exact) mass is 245 g/mol. The van der Waals surface area contributed by atoms with E-state index in [0.717, 1.165) is 17.0 Å². The summed E-state index contributed by atoms with van der Waals surface area (Å²) in [6, 6.07) is 3.86. The molecule has 0 radical (unpaired) electrons. The lowest BCUT2D eigenvalue weighted by atomic mass is 9.75. The summed E-state index contributed by atoms with van der Waals surface area (Å²) in [5, 5.41) is 0. The Kier molecular flexibility index (Phi) is 2.73. The van der Waals surface area contributed by atoms with Gasteiger partial charge >= 0.3 is 0 Å². The van der Waals surface area contributed by atoms with Gasteiger partial charge in [-0.1, -0.05) is 26.2 Å². The Labute approximate surface area is 107 Å². The topological polar surface area (TPSA) is 50.8 Å². The molecule has 0 unspecified atom stereocenters. The summed E-state index contributed by atoms with van der Waals surface area (Å²) in [5.41, 5.74) is 1.94. The van der Waals surface area contributed by atoms with Crippen molar-refractivity contribution < 1.29 is 4.74 Å². The van der Waals surface area contributed by atoms with Crippen LogP contribution in [-0.4, -0.2) is 22.1 Å². The summed E-state index contributed by atoms with van der Waals surface area (Å²) in [6.45, 7) is 2.31. The fourth-order valence-corrected chi connectivity index (χ4v) is 2.84. The van der Waals surface area contributed by atoms with E-state index >= 15 is 0 Å². The zero-order valence-electron chi connectivity index (χ0n) is 11.0. The van der Waals surface area contributed by atoms with Crippen LogP contribution in [0.15, 0.2) is 12.1 Å². The molecule has 0 atom stereocenters. The highest BCUT2D eigenvalue weighted by atomic mass is 16.5. The molecular formula is C14H19N3O. The number of aromatic nitrogens is 3. The Morgan fingerprint density at radius 3 is 2.67 bits per heavy atom. The Bertz CT molecular complexity index is 555. The smallest absolute Gasteiger partial charge is 0.215 e. The van der Waals surface area contributed by atoms with Gasteiger partial charge in [0, 0.05) is 11.5 Å². The lowest BCUT2D eigenvalue weighted by molar-refractivity contribution is 0.306. The first-order chi connectivity index (χ1) is 8.71. The van der Waals surface area contributed by atoms with Crippen LogP contribution in [0.2, 0.25) is 0 Å². The molecule has 3 rings (SSSR count). The van der Waals surface area contributed by atoms with E-state index in [1.807, 2.05) is 12.1 Å². The van der Waals surface area contributed by atoms with Gasteiger partial charge in [0.15, 0.2) is 5.65 Å². The number of rotatable bonds is 2. The molecule has 0 amide bonds. The lowest BCUT2D eigenvalue weighted by Gasteiger charge is -2.31. The molecule has 96 valence electrons.